The summed E-state index contributed by atoms with van der Waals surface area (Å²) in [7, 11) is 0. The van der Waals surface area contributed by atoms with Crippen LogP contribution in [0.25, 0.3) is 17.1 Å². The summed E-state index contributed by atoms with van der Waals surface area (Å²) < 4.78 is 1.98. The van der Waals surface area contributed by atoms with Crippen molar-refractivity contribution in [1.82, 2.24) is 14.8 Å². The molecule has 0 saturated carbocycles. The zero-order valence-electron chi connectivity index (χ0n) is 12.6. The number of aromatic nitrogens is 3. The van der Waals surface area contributed by atoms with Gasteiger partial charge in [-0.05, 0) is 24.3 Å². The summed E-state index contributed by atoms with van der Waals surface area (Å²) in [6.45, 7) is 2.78. The summed E-state index contributed by atoms with van der Waals surface area (Å²) in [4.78, 5) is 0. The average Bonchev–Trinajstić information content (AvgIpc) is 2.92. The van der Waals surface area contributed by atoms with Crippen LogP contribution in [0.4, 0.5) is 5.69 Å². The van der Waals surface area contributed by atoms with Crippen molar-refractivity contribution in [2.45, 2.75) is 12.8 Å². The van der Waals surface area contributed by atoms with Crippen molar-refractivity contribution >= 4 is 5.69 Å². The summed E-state index contributed by atoms with van der Waals surface area (Å²) >= 11 is 0. The van der Waals surface area contributed by atoms with E-state index in [1.54, 1.807) is 30.3 Å². The van der Waals surface area contributed by atoms with Crippen molar-refractivity contribution in [2.24, 2.45) is 0 Å². The van der Waals surface area contributed by atoms with Gasteiger partial charge in [-0.1, -0.05) is 19.1 Å². The Morgan fingerprint density at radius 2 is 1.91 bits per heavy atom. The second-order valence-corrected chi connectivity index (χ2v) is 5.75. The number of nitrogens with one attached hydrogen (secondary N) is 1. The third kappa shape index (κ3) is 2.19. The van der Waals surface area contributed by atoms with Crippen LogP contribution in [0.5, 0.6) is 11.5 Å². The van der Waals surface area contributed by atoms with Crippen LogP contribution >= 0.6 is 0 Å². The topological polar surface area (TPSA) is 83.2 Å². The van der Waals surface area contributed by atoms with E-state index in [1.165, 1.54) is 0 Å². The van der Waals surface area contributed by atoms with E-state index in [0.29, 0.717) is 12.4 Å². The van der Waals surface area contributed by atoms with Gasteiger partial charge < -0.3 is 15.5 Å². The van der Waals surface area contributed by atoms with E-state index < -0.39 is 0 Å². The first-order chi connectivity index (χ1) is 11.1. The predicted molar refractivity (Wildman–Crippen MR) is 87.0 cm³/mol. The molecule has 2 aromatic carbocycles. The molecule has 0 fully saturated rings. The minimum atomic E-state index is 0.156. The molecule has 1 atom stereocenters. The Labute approximate surface area is 133 Å². The molecule has 23 heavy (non-hydrogen) atoms. The van der Waals surface area contributed by atoms with E-state index in [0.717, 1.165) is 22.8 Å². The molecule has 3 N–H and O–H groups in total. The normalized spacial score (nSPS) is 16.1. The highest BCUT2D eigenvalue weighted by Gasteiger charge is 2.25. The van der Waals surface area contributed by atoms with Gasteiger partial charge in [0.25, 0.3) is 0 Å². The van der Waals surface area contributed by atoms with E-state index in [9.17, 15) is 10.2 Å². The molecule has 0 unspecified atom stereocenters. The largest absolute Gasteiger partial charge is 0.508 e. The SMILES string of the molecule is C[C@H]1CNc2cc(O)ccc2-n2c(-c3cccc(O)c3)nnc21. The predicted octanol–water partition coefficient (Wildman–Crippen LogP) is 2.87. The van der Waals surface area contributed by atoms with E-state index >= 15 is 0 Å². The second-order valence-electron chi connectivity index (χ2n) is 5.75. The van der Waals surface area contributed by atoms with Crippen LogP contribution in [0, 0.1) is 0 Å². The minimum absolute atomic E-state index is 0.156. The highest BCUT2D eigenvalue weighted by Crippen LogP contribution is 2.35. The smallest absolute Gasteiger partial charge is 0.168 e. The number of hydrogen-bond donors (Lipinski definition) is 3. The summed E-state index contributed by atoms with van der Waals surface area (Å²) in [6, 6.07) is 12.1. The Bertz CT molecular complexity index is 888. The molecule has 1 aliphatic rings. The molecule has 0 radical (unpaired) electrons. The number of nitrogens with zero attached hydrogens (tertiary/aromatic N) is 3. The van der Waals surface area contributed by atoms with Gasteiger partial charge in [-0.3, -0.25) is 4.57 Å². The standard InChI is InChI=1S/C17H16N4O2/c1-10-9-18-14-8-13(23)5-6-15(14)21-16(10)19-20-17(21)11-3-2-4-12(22)7-11/h2-8,10,18,22-23H,9H2,1H3/t10-/m0/s1. The third-order valence-corrected chi connectivity index (χ3v) is 4.05. The van der Waals surface area contributed by atoms with Crippen molar-refractivity contribution in [2.75, 3.05) is 11.9 Å². The van der Waals surface area contributed by atoms with Crippen molar-refractivity contribution < 1.29 is 10.2 Å². The molecule has 116 valence electrons. The second kappa shape index (κ2) is 5.01. The van der Waals surface area contributed by atoms with Gasteiger partial charge in [-0.25, -0.2) is 0 Å². The highest BCUT2D eigenvalue weighted by molar-refractivity contribution is 5.70. The Morgan fingerprint density at radius 1 is 1.09 bits per heavy atom. The fraction of sp³-hybridized carbons (Fsp3) is 0.176. The van der Waals surface area contributed by atoms with Crippen LogP contribution in [0.2, 0.25) is 0 Å². The van der Waals surface area contributed by atoms with Crippen molar-refractivity contribution in [3.8, 4) is 28.6 Å². The van der Waals surface area contributed by atoms with Crippen LogP contribution < -0.4 is 5.32 Å². The monoisotopic (exact) mass is 308 g/mol. The number of aromatic hydroxyl groups is 2. The minimum Gasteiger partial charge on any atom is -0.508 e. The number of rotatable bonds is 1. The van der Waals surface area contributed by atoms with E-state index in [4.69, 9.17) is 0 Å². The molecular weight excluding hydrogens is 292 g/mol. The third-order valence-electron chi connectivity index (χ3n) is 4.05. The van der Waals surface area contributed by atoms with Crippen LogP contribution in [0.1, 0.15) is 18.7 Å². The molecule has 0 spiro atoms. The Morgan fingerprint density at radius 3 is 2.74 bits per heavy atom. The molecule has 2 heterocycles. The molecule has 0 aliphatic carbocycles. The van der Waals surface area contributed by atoms with Gasteiger partial charge in [-0.2, -0.15) is 0 Å². The Balaban J connectivity index is 1.99. The van der Waals surface area contributed by atoms with E-state index in [2.05, 4.69) is 22.4 Å². The average molecular weight is 308 g/mol. The quantitative estimate of drug-likeness (QED) is 0.644. The Hall–Kier alpha value is -3.02. The number of fused-ring (bicyclic) bond motifs is 3. The number of anilines is 1. The summed E-state index contributed by atoms with van der Waals surface area (Å²) in [5, 5.41) is 31.5. The van der Waals surface area contributed by atoms with Crippen LogP contribution in [0.15, 0.2) is 42.5 Å². The molecule has 0 amide bonds. The fourth-order valence-corrected chi connectivity index (χ4v) is 2.90. The maximum atomic E-state index is 9.75. The van der Waals surface area contributed by atoms with Gasteiger partial charge in [0.15, 0.2) is 5.82 Å². The zero-order chi connectivity index (χ0) is 16.0. The molecule has 4 rings (SSSR count). The van der Waals surface area contributed by atoms with Gasteiger partial charge in [0, 0.05) is 24.1 Å². The first-order valence-corrected chi connectivity index (χ1v) is 7.45. The lowest BCUT2D eigenvalue weighted by atomic mass is 10.1. The summed E-state index contributed by atoms with van der Waals surface area (Å²) in [5.74, 6) is 2.06. The highest BCUT2D eigenvalue weighted by atomic mass is 16.3. The maximum absolute atomic E-state index is 9.75. The van der Waals surface area contributed by atoms with Gasteiger partial charge in [0.05, 0.1) is 11.4 Å². The lowest BCUT2D eigenvalue weighted by molar-refractivity contribution is 0.475. The first kappa shape index (κ1) is 13.6. The molecular formula is C17H16N4O2. The lowest BCUT2D eigenvalue weighted by Gasteiger charge is -2.12. The van der Waals surface area contributed by atoms with Crippen molar-refractivity contribution in [3.05, 3.63) is 48.3 Å². The molecule has 0 saturated heterocycles. The number of phenols is 2. The van der Waals surface area contributed by atoms with Crippen LogP contribution in [-0.2, 0) is 0 Å². The molecule has 1 aliphatic heterocycles. The van der Waals surface area contributed by atoms with E-state index in [1.807, 2.05) is 16.7 Å². The number of hydrogen-bond acceptors (Lipinski definition) is 5. The van der Waals surface area contributed by atoms with Crippen molar-refractivity contribution in [1.29, 1.82) is 0 Å². The van der Waals surface area contributed by atoms with Gasteiger partial charge in [0.2, 0.25) is 0 Å². The first-order valence-electron chi connectivity index (χ1n) is 7.45. The van der Waals surface area contributed by atoms with E-state index in [-0.39, 0.29) is 17.4 Å². The Kier molecular flexibility index (Phi) is 2.97. The zero-order valence-corrected chi connectivity index (χ0v) is 12.6. The van der Waals surface area contributed by atoms with Gasteiger partial charge in [0.1, 0.15) is 17.3 Å². The maximum Gasteiger partial charge on any atom is 0.168 e. The molecule has 0 bridgehead atoms. The number of benzene rings is 2. The fourth-order valence-electron chi connectivity index (χ4n) is 2.90. The van der Waals surface area contributed by atoms with Crippen LogP contribution in [0.3, 0.4) is 0 Å². The molecule has 3 aromatic rings. The summed E-state index contributed by atoms with van der Waals surface area (Å²) in [6.07, 6.45) is 0. The van der Waals surface area contributed by atoms with Crippen LogP contribution in [-0.4, -0.2) is 31.5 Å². The molecule has 6 heteroatoms. The van der Waals surface area contributed by atoms with Gasteiger partial charge in [-0.15, -0.1) is 10.2 Å². The summed E-state index contributed by atoms with van der Waals surface area (Å²) in [5.41, 5.74) is 2.50. The number of phenolic OH excluding ortho intramolecular Hbond substituents is 2. The van der Waals surface area contributed by atoms with Gasteiger partial charge >= 0.3 is 0 Å². The molecule has 6 nitrogen and oxygen atoms in total. The van der Waals surface area contributed by atoms with Crippen molar-refractivity contribution in [3.63, 3.8) is 0 Å². The lowest BCUT2D eigenvalue weighted by Crippen LogP contribution is -2.09. The molecule has 1 aromatic heterocycles.